The van der Waals surface area contributed by atoms with Crippen molar-refractivity contribution in [2.45, 2.75) is 23.8 Å². The number of hydrogen-bond donors (Lipinski definition) is 1. The van der Waals surface area contributed by atoms with E-state index in [1.807, 2.05) is 5.38 Å². The zero-order chi connectivity index (χ0) is 10.7. The van der Waals surface area contributed by atoms with Crippen LogP contribution >= 0.6 is 24.0 Å². The molecule has 1 saturated heterocycles. The number of hydrogen-bond acceptors (Lipinski definition) is 5. The molecular formula is C10H12O3S2. The lowest BCUT2D eigenvalue weighted by molar-refractivity contribution is -0.0155. The second-order valence-corrected chi connectivity index (χ2v) is 4.81. The highest BCUT2D eigenvalue weighted by molar-refractivity contribution is 7.80. The molecular weight excluding hydrogens is 232 g/mol. The third-order valence-corrected chi connectivity index (χ3v) is 3.57. The molecule has 82 valence electrons. The first kappa shape index (κ1) is 11.0. The Bertz CT molecular complexity index is 342. The van der Waals surface area contributed by atoms with Crippen molar-refractivity contribution in [2.24, 2.45) is 0 Å². The summed E-state index contributed by atoms with van der Waals surface area (Å²) in [6, 6.07) is 1.73. The van der Waals surface area contributed by atoms with E-state index in [1.165, 1.54) is 11.3 Å². The summed E-state index contributed by atoms with van der Waals surface area (Å²) >= 11 is 5.51. The van der Waals surface area contributed by atoms with Gasteiger partial charge in [0.2, 0.25) is 0 Å². The quantitative estimate of drug-likeness (QED) is 0.641. The Kier molecular flexibility index (Phi) is 3.66. The Morgan fingerprint density at radius 1 is 1.53 bits per heavy atom. The average molecular weight is 244 g/mol. The van der Waals surface area contributed by atoms with Gasteiger partial charge in [-0.3, -0.25) is 0 Å². The molecule has 2 rings (SSSR count). The van der Waals surface area contributed by atoms with Gasteiger partial charge < -0.3 is 9.47 Å². The molecule has 1 aromatic heterocycles. The van der Waals surface area contributed by atoms with Gasteiger partial charge >= 0.3 is 5.97 Å². The monoisotopic (exact) mass is 244 g/mol. The van der Waals surface area contributed by atoms with Crippen molar-refractivity contribution in [3.05, 3.63) is 16.3 Å². The van der Waals surface area contributed by atoms with Crippen LogP contribution in [-0.2, 0) is 9.47 Å². The fourth-order valence-electron chi connectivity index (χ4n) is 1.44. The van der Waals surface area contributed by atoms with E-state index in [0.717, 1.165) is 17.7 Å². The number of carbonyl (C=O) groups excluding carboxylic acids is 1. The number of thiophene rings is 1. The molecule has 1 fully saturated rings. The summed E-state index contributed by atoms with van der Waals surface area (Å²) < 4.78 is 10.5. The van der Waals surface area contributed by atoms with Crippen LogP contribution < -0.4 is 0 Å². The Balaban J connectivity index is 1.91. The lowest BCUT2D eigenvalue weighted by atomic mass is 10.1. The van der Waals surface area contributed by atoms with E-state index in [4.69, 9.17) is 9.47 Å². The minimum atomic E-state index is -0.243. The van der Waals surface area contributed by atoms with Crippen LogP contribution in [0.1, 0.15) is 22.5 Å². The molecule has 1 aliphatic rings. The molecule has 0 saturated carbocycles. The van der Waals surface area contributed by atoms with Crippen LogP contribution in [0.2, 0.25) is 0 Å². The summed E-state index contributed by atoms with van der Waals surface area (Å²) in [6.45, 7) is 1.36. The van der Waals surface area contributed by atoms with Gasteiger partial charge in [0.15, 0.2) is 0 Å². The topological polar surface area (TPSA) is 35.5 Å². The highest BCUT2D eigenvalue weighted by Crippen LogP contribution is 2.20. The summed E-state index contributed by atoms with van der Waals surface area (Å²) in [6.07, 6.45) is 1.60. The third kappa shape index (κ3) is 2.96. The van der Waals surface area contributed by atoms with Gasteiger partial charge in [-0.25, -0.2) is 4.79 Å². The number of rotatable bonds is 2. The van der Waals surface area contributed by atoms with Gasteiger partial charge in [-0.15, -0.1) is 24.0 Å². The molecule has 0 N–H and O–H groups in total. The Hall–Kier alpha value is -0.520. The number of carbonyl (C=O) groups is 1. The van der Waals surface area contributed by atoms with Gasteiger partial charge in [0.25, 0.3) is 0 Å². The van der Waals surface area contributed by atoms with Crippen molar-refractivity contribution >= 4 is 29.9 Å². The first-order valence-electron chi connectivity index (χ1n) is 4.82. The first-order valence-corrected chi connectivity index (χ1v) is 6.14. The maximum absolute atomic E-state index is 11.6. The molecule has 15 heavy (non-hydrogen) atoms. The highest BCUT2D eigenvalue weighted by Gasteiger charge is 2.19. The van der Waals surface area contributed by atoms with Crippen LogP contribution in [0.25, 0.3) is 0 Å². The molecule has 0 bridgehead atoms. The summed E-state index contributed by atoms with van der Waals surface area (Å²) in [5, 5.41) is 1.82. The predicted molar refractivity (Wildman–Crippen MR) is 60.8 cm³/mol. The molecule has 0 amide bonds. The largest absolute Gasteiger partial charge is 0.458 e. The maximum atomic E-state index is 11.6. The Labute approximate surface area is 97.8 Å². The van der Waals surface area contributed by atoms with E-state index in [2.05, 4.69) is 12.6 Å². The zero-order valence-corrected chi connectivity index (χ0v) is 9.85. The highest BCUT2D eigenvalue weighted by atomic mass is 32.1. The summed E-state index contributed by atoms with van der Waals surface area (Å²) in [5.74, 6) is -0.243. The summed E-state index contributed by atoms with van der Waals surface area (Å²) in [7, 11) is 0. The SMILES string of the molecule is O=C(OC1CCOCC1)c1cc(S)cs1. The molecule has 0 atom stereocenters. The molecule has 0 spiro atoms. The molecule has 5 heteroatoms. The van der Waals surface area contributed by atoms with Crippen molar-refractivity contribution in [3.63, 3.8) is 0 Å². The van der Waals surface area contributed by atoms with Crippen molar-refractivity contribution < 1.29 is 14.3 Å². The van der Waals surface area contributed by atoms with Gasteiger partial charge in [0, 0.05) is 23.1 Å². The maximum Gasteiger partial charge on any atom is 0.348 e. The van der Waals surface area contributed by atoms with E-state index < -0.39 is 0 Å². The second kappa shape index (κ2) is 5.01. The van der Waals surface area contributed by atoms with Crippen molar-refractivity contribution in [1.29, 1.82) is 0 Å². The van der Waals surface area contributed by atoms with Gasteiger partial charge in [0.1, 0.15) is 11.0 Å². The molecule has 0 radical (unpaired) electrons. The zero-order valence-electron chi connectivity index (χ0n) is 8.14. The lowest BCUT2D eigenvalue weighted by Gasteiger charge is -2.21. The van der Waals surface area contributed by atoms with E-state index in [1.54, 1.807) is 6.07 Å². The third-order valence-electron chi connectivity index (χ3n) is 2.23. The molecule has 1 aliphatic heterocycles. The smallest absolute Gasteiger partial charge is 0.348 e. The molecule has 0 aromatic carbocycles. The minimum absolute atomic E-state index is 0.0108. The predicted octanol–water partition coefficient (Wildman–Crippen LogP) is 2.37. The van der Waals surface area contributed by atoms with Gasteiger partial charge in [-0.2, -0.15) is 0 Å². The number of thiol groups is 1. The summed E-state index contributed by atoms with van der Waals surface area (Å²) in [4.78, 5) is 13.1. The summed E-state index contributed by atoms with van der Waals surface area (Å²) in [5.41, 5.74) is 0. The minimum Gasteiger partial charge on any atom is -0.458 e. The van der Waals surface area contributed by atoms with E-state index >= 15 is 0 Å². The Morgan fingerprint density at radius 2 is 2.27 bits per heavy atom. The van der Waals surface area contributed by atoms with E-state index in [0.29, 0.717) is 18.1 Å². The van der Waals surface area contributed by atoms with Crippen molar-refractivity contribution in [2.75, 3.05) is 13.2 Å². The fraction of sp³-hybridized carbons (Fsp3) is 0.500. The van der Waals surface area contributed by atoms with Crippen LogP contribution in [0, 0.1) is 0 Å². The molecule has 2 heterocycles. The molecule has 1 aromatic rings. The van der Waals surface area contributed by atoms with Crippen LogP contribution in [-0.4, -0.2) is 25.3 Å². The number of ether oxygens (including phenoxy) is 2. The Morgan fingerprint density at radius 3 is 2.87 bits per heavy atom. The van der Waals surface area contributed by atoms with Crippen LogP contribution in [0.4, 0.5) is 0 Å². The standard InChI is InChI=1S/C10H12O3S2/c11-10(9-5-8(14)6-15-9)13-7-1-3-12-4-2-7/h5-7,14H,1-4H2. The lowest BCUT2D eigenvalue weighted by Crippen LogP contribution is -2.25. The van der Waals surface area contributed by atoms with Gasteiger partial charge in [0.05, 0.1) is 13.2 Å². The van der Waals surface area contributed by atoms with E-state index in [-0.39, 0.29) is 12.1 Å². The average Bonchev–Trinajstić information content (AvgIpc) is 2.66. The first-order chi connectivity index (χ1) is 7.25. The second-order valence-electron chi connectivity index (χ2n) is 3.39. The van der Waals surface area contributed by atoms with Crippen LogP contribution in [0.5, 0.6) is 0 Å². The molecule has 3 nitrogen and oxygen atoms in total. The van der Waals surface area contributed by atoms with Gasteiger partial charge in [-0.1, -0.05) is 0 Å². The normalized spacial score (nSPS) is 17.7. The van der Waals surface area contributed by atoms with Crippen molar-refractivity contribution in [3.8, 4) is 0 Å². The van der Waals surface area contributed by atoms with Crippen LogP contribution in [0.15, 0.2) is 16.3 Å². The van der Waals surface area contributed by atoms with Crippen LogP contribution in [0.3, 0.4) is 0 Å². The molecule has 0 aliphatic carbocycles. The number of esters is 1. The van der Waals surface area contributed by atoms with Crippen molar-refractivity contribution in [1.82, 2.24) is 0 Å². The molecule has 0 unspecified atom stereocenters. The van der Waals surface area contributed by atoms with Gasteiger partial charge in [-0.05, 0) is 6.07 Å². The fourth-order valence-corrected chi connectivity index (χ4v) is 2.47. The van der Waals surface area contributed by atoms with E-state index in [9.17, 15) is 4.79 Å².